The molecule has 92 valence electrons. The predicted molar refractivity (Wildman–Crippen MR) is 60.1 cm³/mol. The minimum atomic E-state index is -0.976. The van der Waals surface area contributed by atoms with Crippen LogP contribution < -0.4 is 16.6 Å². The summed E-state index contributed by atoms with van der Waals surface area (Å²) in [6.07, 6.45) is 1.06. The lowest BCUT2D eigenvalue weighted by atomic mass is 10.2. The number of nitrogens with zero attached hydrogens (tertiary/aromatic N) is 1. The molecular weight excluding hydrogens is 226 g/mol. The maximum absolute atomic E-state index is 11.8. The first-order chi connectivity index (χ1) is 7.90. The smallest absolute Gasteiger partial charge is 0.329 e. The predicted octanol–water partition coefficient (Wildman–Crippen LogP) is -0.954. The van der Waals surface area contributed by atoms with Crippen LogP contribution in [0.1, 0.15) is 30.2 Å². The number of ketones is 1. The Labute approximate surface area is 96.5 Å². The van der Waals surface area contributed by atoms with Crippen molar-refractivity contribution in [2.75, 3.05) is 7.05 Å². The summed E-state index contributed by atoms with van der Waals surface area (Å²) in [6, 6.07) is -0.976. The van der Waals surface area contributed by atoms with E-state index in [4.69, 9.17) is 0 Å². The highest BCUT2D eigenvalue weighted by atomic mass is 16.2. The summed E-state index contributed by atoms with van der Waals surface area (Å²) in [6.45, 7) is 2.61. The van der Waals surface area contributed by atoms with Crippen LogP contribution in [0.5, 0.6) is 0 Å². The van der Waals surface area contributed by atoms with E-state index in [0.29, 0.717) is 0 Å². The zero-order valence-electron chi connectivity index (χ0n) is 9.73. The number of rotatable bonds is 3. The van der Waals surface area contributed by atoms with E-state index in [9.17, 15) is 19.2 Å². The van der Waals surface area contributed by atoms with Crippen molar-refractivity contribution in [3.05, 3.63) is 32.6 Å². The second kappa shape index (κ2) is 4.77. The summed E-state index contributed by atoms with van der Waals surface area (Å²) in [5.41, 5.74) is -1.64. The lowest BCUT2D eigenvalue weighted by Gasteiger charge is -2.12. The highest BCUT2D eigenvalue weighted by Crippen LogP contribution is 1.98. The fourth-order valence-electron chi connectivity index (χ4n) is 1.42. The van der Waals surface area contributed by atoms with Gasteiger partial charge in [0.1, 0.15) is 6.04 Å². The first-order valence-corrected chi connectivity index (χ1v) is 4.97. The molecule has 1 aromatic heterocycles. The molecule has 17 heavy (non-hydrogen) atoms. The molecular formula is C10H13N3O4. The van der Waals surface area contributed by atoms with Gasteiger partial charge in [0.05, 0.1) is 5.56 Å². The van der Waals surface area contributed by atoms with E-state index < -0.39 is 29.0 Å². The van der Waals surface area contributed by atoms with Crippen LogP contribution in [0.2, 0.25) is 0 Å². The number of hydrogen-bond donors (Lipinski definition) is 2. The summed E-state index contributed by atoms with van der Waals surface area (Å²) in [5, 5.41) is 2.33. The molecule has 1 heterocycles. The van der Waals surface area contributed by atoms with Crippen LogP contribution >= 0.6 is 0 Å². The Balaban J connectivity index is 3.48. The monoisotopic (exact) mass is 239 g/mol. The summed E-state index contributed by atoms with van der Waals surface area (Å²) in [5.74, 6) is -0.956. The van der Waals surface area contributed by atoms with E-state index in [1.165, 1.54) is 20.9 Å². The second-order valence-electron chi connectivity index (χ2n) is 3.53. The largest absolute Gasteiger partial charge is 0.357 e. The summed E-state index contributed by atoms with van der Waals surface area (Å²) >= 11 is 0. The number of hydrogen-bond acceptors (Lipinski definition) is 4. The Hall–Kier alpha value is -2.18. The van der Waals surface area contributed by atoms with E-state index in [1.807, 2.05) is 0 Å². The third-order valence-corrected chi connectivity index (χ3v) is 2.40. The molecule has 1 unspecified atom stereocenters. The Bertz CT molecular complexity index is 570. The molecule has 1 rings (SSSR count). The molecule has 1 aromatic rings. The topological polar surface area (TPSA) is 101 Å². The first kappa shape index (κ1) is 12.9. The van der Waals surface area contributed by atoms with Crippen molar-refractivity contribution < 1.29 is 9.59 Å². The lowest BCUT2D eigenvalue weighted by Crippen LogP contribution is -2.44. The summed E-state index contributed by atoms with van der Waals surface area (Å²) in [7, 11) is 1.40. The Morgan fingerprint density at radius 3 is 2.47 bits per heavy atom. The SMILES string of the molecule is CNC(=O)C(C)n1c(=O)[nH]cc(C(C)=O)c1=O. The average molecular weight is 239 g/mol. The minimum absolute atomic E-state index is 0.152. The highest BCUT2D eigenvalue weighted by Gasteiger charge is 2.20. The fourth-order valence-corrected chi connectivity index (χ4v) is 1.42. The van der Waals surface area contributed by atoms with Gasteiger partial charge in [-0.1, -0.05) is 0 Å². The Morgan fingerprint density at radius 2 is 2.00 bits per heavy atom. The van der Waals surface area contributed by atoms with Gasteiger partial charge in [-0.3, -0.25) is 14.4 Å². The van der Waals surface area contributed by atoms with Crippen LogP contribution in [-0.2, 0) is 4.79 Å². The van der Waals surface area contributed by atoms with Crippen molar-refractivity contribution in [1.29, 1.82) is 0 Å². The number of nitrogens with one attached hydrogen (secondary N) is 2. The van der Waals surface area contributed by atoms with E-state index in [1.54, 1.807) is 0 Å². The fraction of sp³-hybridized carbons (Fsp3) is 0.400. The van der Waals surface area contributed by atoms with E-state index in [2.05, 4.69) is 10.3 Å². The van der Waals surface area contributed by atoms with Crippen molar-refractivity contribution in [2.45, 2.75) is 19.9 Å². The molecule has 0 saturated heterocycles. The maximum Gasteiger partial charge on any atom is 0.329 e. The van der Waals surface area contributed by atoms with E-state index >= 15 is 0 Å². The minimum Gasteiger partial charge on any atom is -0.357 e. The van der Waals surface area contributed by atoms with Gasteiger partial charge in [-0.25, -0.2) is 9.36 Å². The molecule has 0 aromatic carbocycles. The Kier molecular flexibility index (Phi) is 3.62. The highest BCUT2D eigenvalue weighted by molar-refractivity contribution is 5.93. The molecule has 0 saturated carbocycles. The van der Waals surface area contributed by atoms with Crippen LogP contribution in [0.3, 0.4) is 0 Å². The summed E-state index contributed by atoms with van der Waals surface area (Å²) < 4.78 is 0.718. The molecule has 1 amide bonds. The maximum atomic E-state index is 11.8. The number of amides is 1. The van der Waals surface area contributed by atoms with Crippen molar-refractivity contribution in [3.63, 3.8) is 0 Å². The molecule has 1 atom stereocenters. The van der Waals surface area contributed by atoms with Gasteiger partial charge in [-0.05, 0) is 13.8 Å². The van der Waals surface area contributed by atoms with Crippen LogP contribution in [0.25, 0.3) is 0 Å². The molecule has 0 aliphatic carbocycles. The number of aromatic nitrogens is 2. The Morgan fingerprint density at radius 1 is 1.41 bits per heavy atom. The quantitative estimate of drug-likeness (QED) is 0.664. The molecule has 2 N–H and O–H groups in total. The molecule has 7 heteroatoms. The molecule has 0 aliphatic heterocycles. The lowest BCUT2D eigenvalue weighted by molar-refractivity contribution is -0.123. The van der Waals surface area contributed by atoms with Crippen molar-refractivity contribution >= 4 is 11.7 Å². The van der Waals surface area contributed by atoms with Crippen molar-refractivity contribution in [1.82, 2.24) is 14.9 Å². The van der Waals surface area contributed by atoms with Gasteiger partial charge >= 0.3 is 5.69 Å². The molecule has 0 radical (unpaired) electrons. The zero-order valence-corrected chi connectivity index (χ0v) is 9.73. The number of likely N-dealkylation sites (N-methyl/N-ethyl adjacent to an activating group) is 1. The van der Waals surface area contributed by atoms with Crippen LogP contribution in [0.4, 0.5) is 0 Å². The molecule has 0 aliphatic rings. The first-order valence-electron chi connectivity index (χ1n) is 4.97. The third kappa shape index (κ3) is 2.32. The normalized spacial score (nSPS) is 11.9. The molecule has 0 bridgehead atoms. The van der Waals surface area contributed by atoms with Gasteiger partial charge in [0, 0.05) is 13.2 Å². The van der Waals surface area contributed by atoms with Crippen LogP contribution in [-0.4, -0.2) is 28.3 Å². The van der Waals surface area contributed by atoms with E-state index in [0.717, 1.165) is 10.8 Å². The van der Waals surface area contributed by atoms with Crippen LogP contribution in [0.15, 0.2) is 15.8 Å². The van der Waals surface area contributed by atoms with Gasteiger partial charge in [0.25, 0.3) is 5.56 Å². The van der Waals surface area contributed by atoms with Gasteiger partial charge in [-0.2, -0.15) is 0 Å². The standard InChI is InChI=1S/C10H13N3O4/c1-5(8(15)11-3)13-9(16)7(6(2)14)4-12-10(13)17/h4-5H,1-3H3,(H,11,15)(H,12,17). The second-order valence-corrected chi connectivity index (χ2v) is 3.53. The molecule has 0 spiro atoms. The summed E-state index contributed by atoms with van der Waals surface area (Å²) in [4.78, 5) is 48.1. The van der Waals surface area contributed by atoms with Crippen LogP contribution in [0, 0.1) is 0 Å². The number of H-pyrrole nitrogens is 1. The van der Waals surface area contributed by atoms with E-state index in [-0.39, 0.29) is 5.56 Å². The average Bonchev–Trinajstić information content (AvgIpc) is 2.27. The number of Topliss-reactive ketones (excluding diaryl/α,β-unsaturated/α-hetero) is 1. The van der Waals surface area contributed by atoms with Gasteiger partial charge < -0.3 is 10.3 Å². The number of carbonyl (C=O) groups excluding carboxylic acids is 2. The zero-order chi connectivity index (χ0) is 13.2. The number of carbonyl (C=O) groups is 2. The molecule has 0 fully saturated rings. The number of aromatic amines is 1. The third-order valence-electron chi connectivity index (χ3n) is 2.40. The van der Waals surface area contributed by atoms with Crippen molar-refractivity contribution in [2.24, 2.45) is 0 Å². The van der Waals surface area contributed by atoms with Gasteiger partial charge in [0.2, 0.25) is 5.91 Å². The van der Waals surface area contributed by atoms with Gasteiger partial charge in [-0.15, -0.1) is 0 Å². The molecule has 7 nitrogen and oxygen atoms in total. The van der Waals surface area contributed by atoms with Crippen molar-refractivity contribution in [3.8, 4) is 0 Å². The van der Waals surface area contributed by atoms with Gasteiger partial charge in [0.15, 0.2) is 5.78 Å².